The van der Waals surface area contributed by atoms with Crippen molar-refractivity contribution < 1.29 is 24.5 Å². The van der Waals surface area contributed by atoms with Crippen LogP contribution in [0.2, 0.25) is 0 Å². The van der Waals surface area contributed by atoms with E-state index in [1.165, 1.54) is 180 Å². The predicted octanol–water partition coefficient (Wildman–Crippen LogP) is 16.6. The lowest BCUT2D eigenvalue weighted by molar-refractivity contribution is -0.143. The maximum atomic E-state index is 12.4. The molecule has 0 saturated carbocycles. The van der Waals surface area contributed by atoms with E-state index in [9.17, 15) is 19.8 Å². The average Bonchev–Trinajstić information content (AvgIpc) is 3.28. The molecule has 6 nitrogen and oxygen atoms in total. The summed E-state index contributed by atoms with van der Waals surface area (Å²) in [6, 6.07) is -0.636. The Bertz CT molecular complexity index is 1070. The van der Waals surface area contributed by atoms with Crippen molar-refractivity contribution in [2.45, 2.75) is 289 Å². The van der Waals surface area contributed by atoms with Gasteiger partial charge in [0.1, 0.15) is 0 Å². The zero-order valence-electron chi connectivity index (χ0n) is 41.8. The molecule has 2 atom stereocenters. The molecule has 0 aliphatic carbocycles. The molecule has 0 heterocycles. The van der Waals surface area contributed by atoms with Crippen molar-refractivity contribution in [3.63, 3.8) is 0 Å². The largest absolute Gasteiger partial charge is 0.466 e. The number of hydrogen-bond acceptors (Lipinski definition) is 5. The molecule has 1 amide bonds. The number of carbonyl (C=O) groups is 2. The third-order valence-electron chi connectivity index (χ3n) is 12.3. The van der Waals surface area contributed by atoms with Gasteiger partial charge in [-0.3, -0.25) is 9.59 Å². The normalized spacial score (nSPS) is 13.0. The van der Waals surface area contributed by atoms with Crippen LogP contribution in [0.3, 0.4) is 0 Å². The van der Waals surface area contributed by atoms with E-state index >= 15 is 0 Å². The Labute approximate surface area is 391 Å². The van der Waals surface area contributed by atoms with Crippen LogP contribution < -0.4 is 5.32 Å². The Kier molecular flexibility index (Phi) is 50.6. The summed E-state index contributed by atoms with van der Waals surface area (Å²) in [6.45, 7) is 4.83. The Balaban J connectivity index is 3.43. The van der Waals surface area contributed by atoms with Gasteiger partial charge in [-0.15, -0.1) is 0 Å². The highest BCUT2D eigenvalue weighted by Gasteiger charge is 2.18. The number of aliphatic hydroxyl groups excluding tert-OH is 2. The average molecular weight is 884 g/mol. The van der Waals surface area contributed by atoms with E-state index < -0.39 is 12.1 Å². The zero-order valence-corrected chi connectivity index (χ0v) is 41.8. The SMILES string of the molecule is CCCCC/C=C\C/C=C\CCCCCCCCCCCC(=O)OCCCCCCCCCCC/C=C\CCCCCCCC(=O)NC(CO)C(O)/C=C/CCCCCCCCC. The van der Waals surface area contributed by atoms with Gasteiger partial charge in [0.15, 0.2) is 0 Å². The monoisotopic (exact) mass is 884 g/mol. The highest BCUT2D eigenvalue weighted by atomic mass is 16.5. The van der Waals surface area contributed by atoms with Crippen molar-refractivity contribution in [1.29, 1.82) is 0 Å². The van der Waals surface area contributed by atoms with Crippen LogP contribution in [0, 0.1) is 0 Å². The van der Waals surface area contributed by atoms with E-state index in [1.807, 2.05) is 6.08 Å². The lowest BCUT2D eigenvalue weighted by atomic mass is 10.1. The van der Waals surface area contributed by atoms with Gasteiger partial charge in [0.2, 0.25) is 5.91 Å². The van der Waals surface area contributed by atoms with Crippen LogP contribution in [-0.4, -0.2) is 47.4 Å². The van der Waals surface area contributed by atoms with E-state index in [4.69, 9.17) is 4.74 Å². The maximum absolute atomic E-state index is 12.4. The van der Waals surface area contributed by atoms with Crippen LogP contribution in [0.5, 0.6) is 0 Å². The molecule has 0 aliphatic heterocycles. The number of unbranched alkanes of at least 4 members (excludes halogenated alkanes) is 33. The number of nitrogens with one attached hydrogen (secondary N) is 1. The third kappa shape index (κ3) is 49.1. The molecule has 6 heteroatoms. The van der Waals surface area contributed by atoms with Gasteiger partial charge in [-0.05, 0) is 89.9 Å². The second-order valence-corrected chi connectivity index (χ2v) is 18.5. The molecular weight excluding hydrogens is 779 g/mol. The Hall–Kier alpha value is -2.18. The smallest absolute Gasteiger partial charge is 0.305 e. The van der Waals surface area contributed by atoms with E-state index in [0.29, 0.717) is 19.4 Å². The number of ether oxygens (including phenoxy) is 1. The lowest BCUT2D eigenvalue weighted by Gasteiger charge is -2.20. The van der Waals surface area contributed by atoms with Crippen LogP contribution in [0.25, 0.3) is 0 Å². The Morgan fingerprint density at radius 2 is 0.794 bits per heavy atom. The van der Waals surface area contributed by atoms with Gasteiger partial charge in [-0.25, -0.2) is 0 Å². The fourth-order valence-electron chi connectivity index (χ4n) is 8.07. The molecule has 0 rings (SSSR count). The number of rotatable bonds is 50. The molecule has 63 heavy (non-hydrogen) atoms. The van der Waals surface area contributed by atoms with Gasteiger partial charge in [0.05, 0.1) is 25.4 Å². The maximum Gasteiger partial charge on any atom is 0.305 e. The van der Waals surface area contributed by atoms with Crippen LogP contribution in [0.4, 0.5) is 0 Å². The summed E-state index contributed by atoms with van der Waals surface area (Å²) in [6.07, 6.45) is 65.6. The summed E-state index contributed by atoms with van der Waals surface area (Å²) >= 11 is 0. The number of carbonyl (C=O) groups excluding carboxylic acids is 2. The minimum atomic E-state index is -0.851. The standard InChI is InChI=1S/C57H105NO5/c1-3-5-7-9-11-13-14-15-16-17-18-22-25-28-31-35-39-43-47-51-57(62)63-52-48-44-40-36-32-29-26-23-20-19-21-24-27-30-34-38-42-46-50-56(61)58-54(53-59)55(60)49-45-41-37-33-12-10-8-6-4-2/h11,13,15-16,21,24,45,49,54-55,59-60H,3-10,12,14,17-20,22-23,25-44,46-48,50-53H2,1-2H3,(H,58,61)/b13-11-,16-15-,24-21-,49-45+. The van der Waals surface area contributed by atoms with Crippen LogP contribution >= 0.6 is 0 Å². The summed E-state index contributed by atoms with van der Waals surface area (Å²) in [5.41, 5.74) is 0. The van der Waals surface area contributed by atoms with Gasteiger partial charge in [0.25, 0.3) is 0 Å². The van der Waals surface area contributed by atoms with Gasteiger partial charge < -0.3 is 20.3 Å². The molecule has 0 aromatic carbocycles. The fourth-order valence-corrected chi connectivity index (χ4v) is 8.07. The first-order valence-electron chi connectivity index (χ1n) is 27.4. The number of aliphatic hydroxyl groups is 2. The number of hydrogen-bond donors (Lipinski definition) is 3. The van der Waals surface area contributed by atoms with Gasteiger partial charge in [-0.1, -0.05) is 223 Å². The molecule has 3 N–H and O–H groups in total. The summed E-state index contributed by atoms with van der Waals surface area (Å²) in [4.78, 5) is 24.4. The van der Waals surface area contributed by atoms with Crippen molar-refractivity contribution in [2.24, 2.45) is 0 Å². The topological polar surface area (TPSA) is 95.9 Å². The van der Waals surface area contributed by atoms with Crippen molar-refractivity contribution in [1.82, 2.24) is 5.32 Å². The van der Waals surface area contributed by atoms with Crippen molar-refractivity contribution >= 4 is 11.9 Å². The van der Waals surface area contributed by atoms with Crippen LogP contribution in [-0.2, 0) is 14.3 Å². The van der Waals surface area contributed by atoms with Crippen molar-refractivity contribution in [2.75, 3.05) is 13.2 Å². The minimum Gasteiger partial charge on any atom is -0.466 e. The first-order chi connectivity index (χ1) is 31.0. The molecular formula is C57H105NO5. The van der Waals surface area contributed by atoms with Crippen LogP contribution in [0.15, 0.2) is 48.6 Å². The molecule has 0 saturated heterocycles. The Morgan fingerprint density at radius 3 is 1.25 bits per heavy atom. The van der Waals surface area contributed by atoms with E-state index in [2.05, 4.69) is 55.6 Å². The molecule has 0 aromatic heterocycles. The molecule has 0 bridgehead atoms. The zero-order chi connectivity index (χ0) is 45.8. The van der Waals surface area contributed by atoms with Crippen LogP contribution in [0.1, 0.15) is 277 Å². The van der Waals surface area contributed by atoms with Gasteiger partial charge in [0, 0.05) is 12.8 Å². The molecule has 0 aliphatic rings. The summed E-state index contributed by atoms with van der Waals surface area (Å²) in [5, 5.41) is 22.9. The second-order valence-electron chi connectivity index (χ2n) is 18.5. The van der Waals surface area contributed by atoms with Crippen molar-refractivity contribution in [3.8, 4) is 0 Å². The van der Waals surface area contributed by atoms with E-state index in [1.54, 1.807) is 6.08 Å². The van der Waals surface area contributed by atoms with Gasteiger partial charge >= 0.3 is 5.97 Å². The van der Waals surface area contributed by atoms with Gasteiger partial charge in [-0.2, -0.15) is 0 Å². The third-order valence-corrected chi connectivity index (χ3v) is 12.3. The Morgan fingerprint density at radius 1 is 0.444 bits per heavy atom. The molecule has 0 fully saturated rings. The number of allylic oxidation sites excluding steroid dienone is 7. The minimum absolute atomic E-state index is 0.00267. The fraction of sp³-hybridized carbons (Fsp3) is 0.825. The molecule has 0 spiro atoms. The summed E-state index contributed by atoms with van der Waals surface area (Å²) in [7, 11) is 0. The van der Waals surface area contributed by atoms with E-state index in [-0.39, 0.29) is 18.5 Å². The molecule has 0 aromatic rings. The molecule has 368 valence electrons. The number of amides is 1. The summed E-state index contributed by atoms with van der Waals surface area (Å²) in [5.74, 6) is -0.0889. The highest BCUT2D eigenvalue weighted by Crippen LogP contribution is 2.15. The van der Waals surface area contributed by atoms with E-state index in [0.717, 1.165) is 70.6 Å². The predicted molar refractivity (Wildman–Crippen MR) is 273 cm³/mol. The molecule has 0 radical (unpaired) electrons. The first kappa shape index (κ1) is 60.8. The summed E-state index contributed by atoms with van der Waals surface area (Å²) < 4.78 is 5.48. The quantitative estimate of drug-likeness (QED) is 0.0321. The highest BCUT2D eigenvalue weighted by molar-refractivity contribution is 5.76. The van der Waals surface area contributed by atoms with Crippen molar-refractivity contribution in [3.05, 3.63) is 48.6 Å². The lowest BCUT2D eigenvalue weighted by Crippen LogP contribution is -2.45. The molecule has 2 unspecified atom stereocenters. The number of esters is 1. The second kappa shape index (κ2) is 52.4. The first-order valence-corrected chi connectivity index (χ1v) is 27.4.